The van der Waals surface area contributed by atoms with Crippen molar-refractivity contribution >= 4 is 68.5 Å². The van der Waals surface area contributed by atoms with Crippen LogP contribution in [0.25, 0.3) is 21.8 Å². The summed E-state index contributed by atoms with van der Waals surface area (Å²) in [7, 11) is 19.8. The van der Waals surface area contributed by atoms with Crippen molar-refractivity contribution in [3.8, 4) is 51.7 Å². The molecule has 14 aromatic rings. The Balaban J connectivity index is 0.000000139. The maximum absolute atomic E-state index is 12.8. The molecule has 5 amide bonds. The van der Waals surface area contributed by atoms with Gasteiger partial charge in [-0.15, -0.1) is 13.2 Å². The number of pyridine rings is 6. The van der Waals surface area contributed by atoms with Gasteiger partial charge in [0.15, 0.2) is 17.3 Å². The molecule has 0 radical (unpaired) electrons. The van der Waals surface area contributed by atoms with Gasteiger partial charge in [-0.2, -0.15) is 0 Å². The smallest absolute Gasteiger partial charge is 0.497 e. The lowest BCUT2D eigenvalue weighted by molar-refractivity contribution is -0.274. The molecule has 4 aliphatic carbocycles. The van der Waals surface area contributed by atoms with Crippen LogP contribution in [-0.2, 0) is 68.0 Å². The fraction of sp³-hybridized carbons (Fsp3) is 0.286. The van der Waals surface area contributed by atoms with Crippen LogP contribution in [0.2, 0.25) is 0 Å². The van der Waals surface area contributed by atoms with Crippen LogP contribution in [-0.4, -0.2) is 125 Å². The summed E-state index contributed by atoms with van der Waals surface area (Å²) in [4.78, 5) is 146. The van der Waals surface area contributed by atoms with E-state index in [1.165, 1.54) is 44.6 Å². The van der Waals surface area contributed by atoms with E-state index in [1.807, 2.05) is 49.5 Å². The van der Waals surface area contributed by atoms with Crippen molar-refractivity contribution < 1.29 is 84.6 Å². The van der Waals surface area contributed by atoms with E-state index in [0.717, 1.165) is 162 Å². The van der Waals surface area contributed by atoms with Gasteiger partial charge in [-0.25, -0.2) is 0 Å². The number of hydrogen-bond donors (Lipinski definition) is 5. The molecule has 8 aromatic carbocycles. The Labute approximate surface area is 843 Å². The van der Waals surface area contributed by atoms with Crippen LogP contribution >= 0.6 is 0 Å². The predicted molar refractivity (Wildman–Crippen MR) is 551 cm³/mol. The largest absolute Gasteiger partial charge is 0.573 e. The third kappa shape index (κ3) is 25.8. The highest BCUT2D eigenvalue weighted by atomic mass is 19.4. The second-order valence-electron chi connectivity index (χ2n) is 35.4. The van der Waals surface area contributed by atoms with Gasteiger partial charge in [-0.1, -0.05) is 18.2 Å². The minimum atomic E-state index is -4.77. The van der Waals surface area contributed by atoms with Crippen molar-refractivity contribution in [2.45, 2.75) is 114 Å². The summed E-state index contributed by atoms with van der Waals surface area (Å²) >= 11 is 0. The number of fused-ring (bicyclic) bond motifs is 7. The number of carbonyl (C=O) groups excluding carboxylic acids is 6. The van der Waals surface area contributed by atoms with Gasteiger partial charge in [-0.05, 0) is 275 Å². The zero-order chi connectivity index (χ0) is 105. The molecule has 764 valence electrons. The number of hydrogen-bond acceptors (Lipinski definition) is 21. The molecule has 5 N–H and O–H groups in total. The van der Waals surface area contributed by atoms with E-state index in [2.05, 4.69) is 31.3 Å². The van der Waals surface area contributed by atoms with Crippen molar-refractivity contribution in [1.29, 1.82) is 0 Å². The predicted octanol–water partition coefficient (Wildman–Crippen LogP) is 16.0. The average Bonchev–Trinajstić information content (AvgIpc) is 0.805. The number of amides is 5. The van der Waals surface area contributed by atoms with Crippen LogP contribution in [0.1, 0.15) is 189 Å². The summed E-state index contributed by atoms with van der Waals surface area (Å²) in [6, 6.07) is 64.5. The number of aryl methyl sites for hydroxylation is 2. The quantitative estimate of drug-likeness (QED) is 0.0442. The number of carbonyl (C=O) groups is 6. The molecule has 0 saturated heterocycles. The Morgan fingerprint density at radius 3 is 1.01 bits per heavy atom. The molecule has 0 spiro atoms. The Morgan fingerprint density at radius 2 is 0.633 bits per heavy atom. The van der Waals surface area contributed by atoms with Crippen LogP contribution in [0, 0.1) is 0 Å². The molecule has 0 saturated carbocycles. The first kappa shape index (κ1) is 106. The molecule has 4 unspecified atom stereocenters. The molecule has 0 bridgehead atoms. The van der Waals surface area contributed by atoms with Crippen LogP contribution in [0.4, 0.5) is 24.5 Å². The lowest BCUT2D eigenvalue weighted by atomic mass is 9.81. The van der Waals surface area contributed by atoms with Gasteiger partial charge < -0.3 is 96.6 Å². The standard InChI is InChI=1S/C20H21NO4.C19H22N2O4.C19H18N2O4.C18H17F3N2O3.C18H20N2O3.C18H16N2O3/c1-21-16-4-2-3-13(15(16)6-8-20(21)23)11-17(22)14-5-7-18-19(12-14)25-10-9-24-18;2*1-21-17-6-4-5-16(15(17)7-8-18(21)22)20-19(23)12-9-13(24-2)11-14(10-12)25-3;1-23-15-4-2-3-14(13(15)9-10-16(23)24)22-17(25)11-5-7-12(8-6-11)26-18(19,20)21;2*1-20-16-5-3-4-15(14(16)10-11-17(20)21)19-18(22)12-6-8-13(23-2)9-7-12/h5-8,12-13H,2-4,9-11H2,1H3;7-11,16H,4-6H2,1-3H3,(H,20,23);4-11H,1-3H3,(H,20,23);5-10,14H,2-4H2,1H3,(H,22,25);6-11,15H,3-5H2,1-2H3,(H,19,22);3-11H,1-2H3,(H,19,22). The van der Waals surface area contributed by atoms with E-state index in [9.17, 15) is 70.7 Å². The number of alkyl halides is 3. The molecule has 6 aromatic heterocycles. The van der Waals surface area contributed by atoms with E-state index in [1.54, 1.807) is 243 Å². The Kier molecular flexibility index (Phi) is 34.5. The molecule has 0 fully saturated rings. The van der Waals surface area contributed by atoms with Gasteiger partial charge in [0.2, 0.25) is 22.2 Å². The molecule has 7 heterocycles. The van der Waals surface area contributed by atoms with Crippen molar-refractivity contribution in [2.75, 3.05) is 66.5 Å². The first-order valence-corrected chi connectivity index (χ1v) is 47.6. The van der Waals surface area contributed by atoms with E-state index in [0.29, 0.717) is 99.1 Å². The number of ketones is 1. The Hall–Kier alpha value is -17.0. The minimum Gasteiger partial charge on any atom is -0.497 e. The van der Waals surface area contributed by atoms with Crippen LogP contribution in [0.5, 0.6) is 51.7 Å². The lowest BCUT2D eigenvalue weighted by Gasteiger charge is -2.27. The van der Waals surface area contributed by atoms with Crippen molar-refractivity contribution in [1.82, 2.24) is 43.4 Å². The van der Waals surface area contributed by atoms with Crippen LogP contribution in [0.3, 0.4) is 0 Å². The normalized spacial score (nSPS) is 14.9. The van der Waals surface area contributed by atoms with E-state index in [4.69, 9.17) is 37.9 Å². The van der Waals surface area contributed by atoms with Gasteiger partial charge >= 0.3 is 6.36 Å². The molecule has 35 heteroatoms. The molecule has 32 nitrogen and oxygen atoms in total. The topological polar surface area (TPSA) is 378 Å². The van der Waals surface area contributed by atoms with Crippen LogP contribution in [0.15, 0.2) is 265 Å². The second kappa shape index (κ2) is 47.9. The monoisotopic (exact) mass is 2010 g/mol. The lowest BCUT2D eigenvalue weighted by Crippen LogP contribution is -2.34. The zero-order valence-electron chi connectivity index (χ0n) is 83.3. The maximum Gasteiger partial charge on any atom is 0.573 e. The number of Topliss-reactive ketones (excluding diaryl/α,β-unsaturated/α-hetero) is 1. The number of rotatable bonds is 20. The maximum atomic E-state index is 12.8. The first-order valence-electron chi connectivity index (χ1n) is 47.6. The summed E-state index contributed by atoms with van der Waals surface area (Å²) in [5.41, 5.74) is 13.5. The van der Waals surface area contributed by atoms with Crippen molar-refractivity contribution in [3.05, 3.63) is 377 Å². The van der Waals surface area contributed by atoms with E-state index < -0.39 is 12.3 Å². The number of anilines is 2. The molecule has 4 atom stereocenters. The van der Waals surface area contributed by atoms with Crippen LogP contribution < -0.4 is 103 Å². The third-order valence-electron chi connectivity index (χ3n) is 26.5. The molecule has 5 aliphatic rings. The number of nitrogens with zero attached hydrogens (tertiary/aromatic N) is 6. The summed E-state index contributed by atoms with van der Waals surface area (Å²) in [5, 5.41) is 16.4. The van der Waals surface area contributed by atoms with E-state index in [-0.39, 0.29) is 98.1 Å². The first-order chi connectivity index (χ1) is 70.6. The second-order valence-corrected chi connectivity index (χ2v) is 35.4. The summed E-state index contributed by atoms with van der Waals surface area (Å²) in [5.74, 6) is 3.63. The van der Waals surface area contributed by atoms with Gasteiger partial charge in [0.1, 0.15) is 53.5 Å². The molecule has 1 aliphatic heterocycles. The molecular formula is C112H114F3N11O21. The third-order valence-corrected chi connectivity index (χ3v) is 26.5. The van der Waals surface area contributed by atoms with Gasteiger partial charge in [0, 0.05) is 164 Å². The van der Waals surface area contributed by atoms with Crippen molar-refractivity contribution in [2.24, 2.45) is 42.3 Å². The Morgan fingerprint density at radius 1 is 0.320 bits per heavy atom. The molecule has 19 rings (SSSR count). The minimum absolute atomic E-state index is 0.00844. The number of methoxy groups -OCH3 is 6. The van der Waals surface area contributed by atoms with Crippen molar-refractivity contribution in [3.63, 3.8) is 0 Å². The molecular weight excluding hydrogens is 1890 g/mol. The fourth-order valence-electron chi connectivity index (χ4n) is 18.4. The SMILES string of the molecule is COc1cc(OC)cc(C(=O)NC2CCCc3c2ccc(=O)n3C)c1.COc1cc(OC)cc(C(=O)Nc2cccc3c2ccc(=O)n3C)c1.COc1ccc(C(=O)NC2CCCc3c2ccc(=O)n3C)cc1.COc1ccc(C(=O)Nc2cccc3c2ccc(=O)n3C)cc1.Cn1c2c(ccc1=O)C(CC(=O)c1ccc3c(c1)OCCO3)CCC2.Cn1c2c(ccc1=O)C(NC(=O)c1ccc(OC(F)(F)F)cc1)CCC2. The fourth-order valence-corrected chi connectivity index (χ4v) is 18.4. The number of nitrogens with one attached hydrogen (secondary N) is 5. The summed E-state index contributed by atoms with van der Waals surface area (Å²) < 4.78 is 92.2. The summed E-state index contributed by atoms with van der Waals surface area (Å²) in [6.07, 6.45) is 6.20. The van der Waals surface area contributed by atoms with Gasteiger partial charge in [0.05, 0.1) is 83.2 Å². The van der Waals surface area contributed by atoms with Gasteiger partial charge in [0.25, 0.3) is 40.7 Å². The highest BCUT2D eigenvalue weighted by molar-refractivity contribution is 6.10. The summed E-state index contributed by atoms with van der Waals surface area (Å²) in [6.45, 7) is 1.05. The Bertz CT molecular complexity index is 7600. The highest BCUT2D eigenvalue weighted by Crippen LogP contribution is 2.39. The average molecular weight is 2010 g/mol. The number of halogens is 3. The van der Waals surface area contributed by atoms with E-state index >= 15 is 0 Å². The number of benzene rings is 8. The zero-order valence-corrected chi connectivity index (χ0v) is 83.3. The number of aromatic nitrogens is 6. The van der Waals surface area contributed by atoms with Gasteiger partial charge in [-0.3, -0.25) is 57.5 Å². The number of ether oxygens (including phenoxy) is 9. The molecule has 147 heavy (non-hydrogen) atoms. The highest BCUT2D eigenvalue weighted by Gasteiger charge is 2.33.